The highest BCUT2D eigenvalue weighted by atomic mass is 16.5. The molecule has 1 saturated heterocycles. The summed E-state index contributed by atoms with van der Waals surface area (Å²) >= 11 is 0. The van der Waals surface area contributed by atoms with Gasteiger partial charge in [-0.3, -0.25) is 9.59 Å². The first-order valence-electron chi connectivity index (χ1n) is 11.9. The molecule has 1 unspecified atom stereocenters. The number of hydrogen-bond acceptors (Lipinski definition) is 5. The number of hydrogen-bond donors (Lipinski definition) is 0. The normalized spacial score (nSPS) is 40.3. The van der Waals surface area contributed by atoms with E-state index in [9.17, 15) is 14.4 Å². The minimum atomic E-state index is -0.660. The van der Waals surface area contributed by atoms with Crippen LogP contribution in [0.5, 0.6) is 0 Å². The van der Waals surface area contributed by atoms with E-state index in [2.05, 4.69) is 19.9 Å². The van der Waals surface area contributed by atoms with E-state index in [1.807, 2.05) is 18.2 Å². The summed E-state index contributed by atoms with van der Waals surface area (Å²) in [5.41, 5.74) is 0.275. The first-order valence-corrected chi connectivity index (χ1v) is 11.9. The van der Waals surface area contributed by atoms with Crippen molar-refractivity contribution < 1.29 is 23.9 Å². The topological polar surface area (TPSA) is 69.7 Å². The van der Waals surface area contributed by atoms with Crippen LogP contribution in [-0.4, -0.2) is 23.8 Å². The Bertz CT molecular complexity index is 981. The number of fused-ring (bicyclic) bond motifs is 5. The van der Waals surface area contributed by atoms with Crippen LogP contribution in [0.1, 0.15) is 69.7 Å². The summed E-state index contributed by atoms with van der Waals surface area (Å²) in [6.45, 7) is 5.97. The van der Waals surface area contributed by atoms with Crippen molar-refractivity contribution in [3.63, 3.8) is 0 Å². The van der Waals surface area contributed by atoms with E-state index in [1.165, 1.54) is 6.92 Å². The fourth-order valence-electron chi connectivity index (χ4n) is 7.39. The third-order valence-electron chi connectivity index (χ3n) is 9.18. The van der Waals surface area contributed by atoms with Gasteiger partial charge in [0.1, 0.15) is 23.6 Å². The van der Waals surface area contributed by atoms with Crippen LogP contribution < -0.4 is 0 Å². The lowest BCUT2D eigenvalue weighted by atomic mass is 9.49. The van der Waals surface area contributed by atoms with Gasteiger partial charge in [0.15, 0.2) is 0 Å². The molecule has 0 amide bonds. The molecule has 1 aliphatic heterocycles. The van der Waals surface area contributed by atoms with E-state index in [1.54, 1.807) is 12.1 Å². The lowest BCUT2D eigenvalue weighted by Crippen LogP contribution is -2.53. The lowest BCUT2D eigenvalue weighted by molar-refractivity contribution is -0.163. The summed E-state index contributed by atoms with van der Waals surface area (Å²) in [7, 11) is 0. The highest BCUT2D eigenvalue weighted by Gasteiger charge is 2.61. The second-order valence-electron chi connectivity index (χ2n) is 10.8. The van der Waals surface area contributed by atoms with Gasteiger partial charge in [-0.05, 0) is 81.4 Å². The average Bonchev–Trinajstić information content (AvgIpc) is 3.10. The number of allylic oxidation sites excluding steroid dienone is 2. The molecule has 0 spiro atoms. The third kappa shape index (κ3) is 3.15. The zero-order chi connectivity index (χ0) is 22.7. The van der Waals surface area contributed by atoms with Gasteiger partial charge >= 0.3 is 11.9 Å². The van der Waals surface area contributed by atoms with Crippen LogP contribution >= 0.6 is 0 Å². The number of Topliss-reactive ketones (excluding diaryl/α,β-unsaturated/α-hetero) is 1. The minimum Gasteiger partial charge on any atom is -0.458 e. The standard InChI is InChI=1S/C27H32O5/c1-16(28)19-15-27(3)21-13-14-26(2)20(18(21)9-11-23(27)32-25(19)30)10-12-22(26)31-24(29)17-7-5-4-6-8-17/h4-8,11,18-22H,9-10,12-15H2,1-3H3/t18-,19?,20+,21+,22-,26-,27+/m0/s1. The van der Waals surface area contributed by atoms with Crippen LogP contribution in [-0.2, 0) is 19.1 Å². The highest BCUT2D eigenvalue weighted by molar-refractivity contribution is 5.98. The molecule has 1 aromatic carbocycles. The smallest absolute Gasteiger partial charge is 0.338 e. The van der Waals surface area contributed by atoms with Crippen LogP contribution in [0.15, 0.2) is 42.2 Å². The van der Waals surface area contributed by atoms with Gasteiger partial charge in [-0.15, -0.1) is 0 Å². The fourth-order valence-corrected chi connectivity index (χ4v) is 7.39. The molecule has 32 heavy (non-hydrogen) atoms. The summed E-state index contributed by atoms with van der Waals surface area (Å²) < 4.78 is 11.8. The van der Waals surface area contributed by atoms with Gasteiger partial charge in [0.2, 0.25) is 0 Å². The molecule has 5 rings (SSSR count). The molecule has 0 aromatic heterocycles. The summed E-state index contributed by atoms with van der Waals surface area (Å²) in [4.78, 5) is 37.2. The third-order valence-corrected chi connectivity index (χ3v) is 9.18. The Hall–Kier alpha value is -2.43. The van der Waals surface area contributed by atoms with Crippen LogP contribution in [0.3, 0.4) is 0 Å². The second-order valence-corrected chi connectivity index (χ2v) is 10.8. The molecule has 1 heterocycles. The first kappa shape index (κ1) is 21.4. The number of rotatable bonds is 3. The SMILES string of the molecule is CC(=O)C1C[C@@]2(C)C(=CC[C@H]3[C@H]4CC[C@H](OC(=O)c5ccccc5)[C@@]4(C)CC[C@H]32)OC1=O. The van der Waals surface area contributed by atoms with Crippen LogP contribution in [0, 0.1) is 34.5 Å². The maximum atomic E-state index is 12.8. The van der Waals surface area contributed by atoms with Crippen LogP contribution in [0.4, 0.5) is 0 Å². The Morgan fingerprint density at radius 2 is 1.81 bits per heavy atom. The quantitative estimate of drug-likeness (QED) is 0.487. The van der Waals surface area contributed by atoms with Crippen molar-refractivity contribution in [2.45, 2.75) is 65.4 Å². The molecule has 170 valence electrons. The number of esters is 2. The van der Waals surface area contributed by atoms with E-state index >= 15 is 0 Å². The molecule has 5 heteroatoms. The van der Waals surface area contributed by atoms with Gasteiger partial charge in [-0.2, -0.15) is 0 Å². The molecule has 3 aliphatic carbocycles. The van der Waals surface area contributed by atoms with Gasteiger partial charge in [-0.1, -0.05) is 32.0 Å². The predicted octanol–water partition coefficient (Wildman–Crippen LogP) is 5.10. The van der Waals surface area contributed by atoms with Crippen molar-refractivity contribution in [3.05, 3.63) is 47.7 Å². The van der Waals surface area contributed by atoms with Crippen molar-refractivity contribution >= 4 is 17.7 Å². The van der Waals surface area contributed by atoms with E-state index < -0.39 is 11.9 Å². The minimum absolute atomic E-state index is 0.0430. The molecule has 4 aliphatic rings. The molecule has 0 radical (unpaired) electrons. The largest absolute Gasteiger partial charge is 0.458 e. The maximum absolute atomic E-state index is 12.8. The Kier molecular flexibility index (Phi) is 5.06. The molecule has 5 nitrogen and oxygen atoms in total. The van der Waals surface area contributed by atoms with E-state index in [-0.39, 0.29) is 28.7 Å². The number of benzene rings is 1. The average molecular weight is 437 g/mol. The van der Waals surface area contributed by atoms with Gasteiger partial charge in [-0.25, -0.2) is 4.79 Å². The molecular weight excluding hydrogens is 404 g/mol. The summed E-state index contributed by atoms with van der Waals surface area (Å²) in [6, 6.07) is 9.23. The molecule has 0 bridgehead atoms. The first-order chi connectivity index (χ1) is 15.2. The van der Waals surface area contributed by atoms with Gasteiger partial charge in [0, 0.05) is 10.8 Å². The Labute approximate surface area is 189 Å². The number of ether oxygens (including phenoxy) is 2. The van der Waals surface area contributed by atoms with Crippen molar-refractivity contribution in [1.82, 2.24) is 0 Å². The molecule has 7 atom stereocenters. The van der Waals surface area contributed by atoms with E-state index in [4.69, 9.17) is 9.47 Å². The van der Waals surface area contributed by atoms with Crippen LogP contribution in [0.2, 0.25) is 0 Å². The zero-order valence-corrected chi connectivity index (χ0v) is 19.1. The molecule has 1 aromatic rings. The highest BCUT2D eigenvalue weighted by Crippen LogP contribution is 2.65. The fraction of sp³-hybridized carbons (Fsp3) is 0.593. The maximum Gasteiger partial charge on any atom is 0.338 e. The van der Waals surface area contributed by atoms with Crippen molar-refractivity contribution in [2.75, 3.05) is 0 Å². The van der Waals surface area contributed by atoms with E-state index in [0.717, 1.165) is 37.9 Å². The zero-order valence-electron chi connectivity index (χ0n) is 19.1. The van der Waals surface area contributed by atoms with Crippen molar-refractivity contribution in [1.29, 1.82) is 0 Å². The number of carbonyl (C=O) groups excluding carboxylic acids is 3. The molecule has 3 fully saturated rings. The second kappa shape index (κ2) is 7.57. The summed E-state index contributed by atoms with van der Waals surface area (Å²) in [5.74, 6) is 0.660. The monoisotopic (exact) mass is 436 g/mol. The Morgan fingerprint density at radius 1 is 1.06 bits per heavy atom. The van der Waals surface area contributed by atoms with Gasteiger partial charge in [0.25, 0.3) is 0 Å². The summed E-state index contributed by atoms with van der Waals surface area (Å²) in [5, 5.41) is 0. The van der Waals surface area contributed by atoms with Crippen LogP contribution in [0.25, 0.3) is 0 Å². The Balaban J connectivity index is 1.38. The van der Waals surface area contributed by atoms with Gasteiger partial charge in [0.05, 0.1) is 5.56 Å². The van der Waals surface area contributed by atoms with Crippen molar-refractivity contribution in [2.24, 2.45) is 34.5 Å². The molecule has 0 N–H and O–H groups in total. The van der Waals surface area contributed by atoms with Crippen molar-refractivity contribution in [3.8, 4) is 0 Å². The lowest BCUT2D eigenvalue weighted by Gasteiger charge is -2.56. The Morgan fingerprint density at radius 3 is 2.53 bits per heavy atom. The predicted molar refractivity (Wildman–Crippen MR) is 118 cm³/mol. The molecular formula is C27H32O5. The summed E-state index contributed by atoms with van der Waals surface area (Å²) in [6.07, 6.45) is 7.36. The number of ketones is 1. The van der Waals surface area contributed by atoms with E-state index in [0.29, 0.717) is 29.7 Å². The van der Waals surface area contributed by atoms with Gasteiger partial charge < -0.3 is 9.47 Å². The molecule has 2 saturated carbocycles. The number of carbonyl (C=O) groups is 3.